The number of thioether (sulfide) groups is 1. The highest BCUT2D eigenvalue weighted by molar-refractivity contribution is 7.98. The van der Waals surface area contributed by atoms with Crippen LogP contribution < -0.4 is 0 Å². The van der Waals surface area contributed by atoms with Gasteiger partial charge in [0.1, 0.15) is 10.0 Å². The molecular weight excluding hydrogens is 204 g/mol. The van der Waals surface area contributed by atoms with Crippen molar-refractivity contribution in [3.63, 3.8) is 0 Å². The molecule has 0 saturated carbocycles. The maximum absolute atomic E-state index is 4.10. The van der Waals surface area contributed by atoms with E-state index >= 15 is 0 Å². The van der Waals surface area contributed by atoms with Crippen LogP contribution in [0.15, 0.2) is 17.6 Å². The molecular formula is C7H8N4S2. The quantitative estimate of drug-likeness (QED) is 0.789. The first-order valence-electron chi connectivity index (χ1n) is 3.76. The molecule has 0 spiro atoms. The Kier molecular flexibility index (Phi) is 2.60. The molecule has 4 nitrogen and oxygen atoms in total. The summed E-state index contributed by atoms with van der Waals surface area (Å²) in [5.41, 5.74) is 0. The largest absolute Gasteiger partial charge is 0.340 e. The van der Waals surface area contributed by atoms with E-state index in [1.165, 1.54) is 0 Å². The molecule has 0 bridgehead atoms. The molecule has 0 aliphatic rings. The minimum absolute atomic E-state index is 0.832. The van der Waals surface area contributed by atoms with Gasteiger partial charge < -0.3 is 4.98 Å². The molecule has 6 heteroatoms. The minimum Gasteiger partial charge on any atom is -0.340 e. The van der Waals surface area contributed by atoms with E-state index in [0.29, 0.717) is 0 Å². The van der Waals surface area contributed by atoms with Crippen LogP contribution in [0.1, 0.15) is 10.0 Å². The number of hydrogen-bond acceptors (Lipinski definition) is 5. The average molecular weight is 212 g/mol. The molecule has 0 amide bonds. The predicted molar refractivity (Wildman–Crippen MR) is 52.8 cm³/mol. The number of hydrogen-bond donors (Lipinski definition) is 1. The van der Waals surface area contributed by atoms with Crippen LogP contribution in [-0.2, 0) is 5.75 Å². The highest BCUT2D eigenvalue weighted by Crippen LogP contribution is 2.20. The fourth-order valence-electron chi connectivity index (χ4n) is 0.856. The molecule has 2 heterocycles. The zero-order valence-corrected chi connectivity index (χ0v) is 8.65. The zero-order chi connectivity index (χ0) is 9.10. The van der Waals surface area contributed by atoms with Gasteiger partial charge in [-0.3, -0.25) is 0 Å². The van der Waals surface area contributed by atoms with E-state index in [9.17, 15) is 0 Å². The van der Waals surface area contributed by atoms with Crippen molar-refractivity contribution >= 4 is 23.1 Å². The summed E-state index contributed by atoms with van der Waals surface area (Å²) in [6, 6.07) is 0. The number of aromatic nitrogens is 4. The first kappa shape index (κ1) is 8.71. The van der Waals surface area contributed by atoms with Crippen LogP contribution in [0.5, 0.6) is 0 Å². The van der Waals surface area contributed by atoms with Crippen LogP contribution in [-0.4, -0.2) is 20.2 Å². The molecule has 0 aliphatic heterocycles. The zero-order valence-electron chi connectivity index (χ0n) is 7.02. The van der Waals surface area contributed by atoms with Crippen molar-refractivity contribution in [3.8, 4) is 0 Å². The fourth-order valence-corrected chi connectivity index (χ4v) is 2.38. The number of imidazole rings is 1. The Hall–Kier alpha value is -0.880. The van der Waals surface area contributed by atoms with Crippen molar-refractivity contribution in [1.82, 2.24) is 20.2 Å². The van der Waals surface area contributed by atoms with Gasteiger partial charge >= 0.3 is 0 Å². The molecule has 1 N–H and O–H groups in total. The molecule has 0 fully saturated rings. The second-order valence-electron chi connectivity index (χ2n) is 2.40. The Labute approximate surface area is 83.8 Å². The smallest absolute Gasteiger partial charge is 0.165 e. The van der Waals surface area contributed by atoms with Gasteiger partial charge in [0.25, 0.3) is 0 Å². The molecule has 68 valence electrons. The molecule has 13 heavy (non-hydrogen) atoms. The lowest BCUT2D eigenvalue weighted by atomic mass is 10.8. The molecule has 0 atom stereocenters. The number of nitrogens with zero attached hydrogens (tertiary/aromatic N) is 3. The van der Waals surface area contributed by atoms with Gasteiger partial charge in [-0.2, -0.15) is 0 Å². The standard InChI is InChI=1S/C7H8N4S2/c1-5-10-11-6(13-5)4-12-7-8-2-3-9-7/h2-3H,4H2,1H3,(H,8,9). The number of rotatable bonds is 3. The van der Waals surface area contributed by atoms with E-state index < -0.39 is 0 Å². The Morgan fingerprint density at radius 1 is 1.54 bits per heavy atom. The lowest BCUT2D eigenvalue weighted by Crippen LogP contribution is -1.80. The third kappa shape index (κ3) is 2.28. The maximum Gasteiger partial charge on any atom is 0.165 e. The molecule has 0 radical (unpaired) electrons. The van der Waals surface area contributed by atoms with Crippen LogP contribution in [0.3, 0.4) is 0 Å². The average Bonchev–Trinajstić information content (AvgIpc) is 2.71. The Balaban J connectivity index is 1.93. The number of nitrogens with one attached hydrogen (secondary N) is 1. The van der Waals surface area contributed by atoms with Crippen molar-refractivity contribution < 1.29 is 0 Å². The van der Waals surface area contributed by atoms with Crippen molar-refractivity contribution in [1.29, 1.82) is 0 Å². The second kappa shape index (κ2) is 3.89. The van der Waals surface area contributed by atoms with Crippen LogP contribution in [0, 0.1) is 6.92 Å². The summed E-state index contributed by atoms with van der Waals surface area (Å²) in [6.07, 6.45) is 3.56. The Morgan fingerprint density at radius 3 is 3.08 bits per heavy atom. The summed E-state index contributed by atoms with van der Waals surface area (Å²) in [5, 5.41) is 10.9. The van der Waals surface area contributed by atoms with Gasteiger partial charge in [-0.25, -0.2) is 4.98 Å². The van der Waals surface area contributed by atoms with Crippen molar-refractivity contribution in [2.45, 2.75) is 17.8 Å². The predicted octanol–water partition coefficient (Wildman–Crippen LogP) is 1.86. The topological polar surface area (TPSA) is 54.5 Å². The molecule has 2 aromatic heterocycles. The second-order valence-corrected chi connectivity index (χ2v) is 4.63. The van der Waals surface area contributed by atoms with Crippen molar-refractivity contribution in [2.75, 3.05) is 0 Å². The highest BCUT2D eigenvalue weighted by Gasteiger charge is 2.02. The van der Waals surface area contributed by atoms with E-state index in [1.54, 1.807) is 29.3 Å². The van der Waals surface area contributed by atoms with Gasteiger partial charge in [-0.1, -0.05) is 11.8 Å². The van der Waals surface area contributed by atoms with E-state index in [-0.39, 0.29) is 0 Å². The monoisotopic (exact) mass is 212 g/mol. The van der Waals surface area contributed by atoms with Gasteiger partial charge in [0, 0.05) is 12.4 Å². The normalized spacial score (nSPS) is 10.5. The van der Waals surface area contributed by atoms with Gasteiger partial charge in [0.2, 0.25) is 0 Å². The molecule has 2 aromatic rings. The Bertz CT molecular complexity index is 368. The van der Waals surface area contributed by atoms with Crippen molar-refractivity contribution in [3.05, 3.63) is 22.4 Å². The fraction of sp³-hybridized carbons (Fsp3) is 0.286. The van der Waals surface area contributed by atoms with Crippen LogP contribution in [0.2, 0.25) is 0 Å². The SMILES string of the molecule is Cc1nnc(CSc2ncc[nH]2)s1. The summed E-state index contributed by atoms with van der Waals surface area (Å²) in [6.45, 7) is 1.96. The summed E-state index contributed by atoms with van der Waals surface area (Å²) >= 11 is 3.26. The third-order valence-electron chi connectivity index (χ3n) is 1.37. The van der Waals surface area contributed by atoms with Gasteiger partial charge in [0.15, 0.2) is 5.16 Å². The number of aromatic amines is 1. The summed E-state index contributed by atoms with van der Waals surface area (Å²) < 4.78 is 0. The first-order valence-corrected chi connectivity index (χ1v) is 5.56. The maximum atomic E-state index is 4.10. The van der Waals surface area contributed by atoms with Crippen LogP contribution in [0.25, 0.3) is 0 Å². The molecule has 0 saturated heterocycles. The molecule has 2 rings (SSSR count). The first-order chi connectivity index (χ1) is 6.34. The number of H-pyrrole nitrogens is 1. The van der Waals surface area contributed by atoms with E-state index in [1.807, 2.05) is 13.1 Å². The van der Waals surface area contributed by atoms with Crippen LogP contribution >= 0.6 is 23.1 Å². The van der Waals surface area contributed by atoms with Gasteiger partial charge in [-0.15, -0.1) is 21.5 Å². The molecule has 0 aromatic carbocycles. The molecule has 0 aliphatic carbocycles. The highest BCUT2D eigenvalue weighted by atomic mass is 32.2. The Morgan fingerprint density at radius 2 is 2.46 bits per heavy atom. The van der Waals surface area contributed by atoms with E-state index in [2.05, 4.69) is 20.2 Å². The minimum atomic E-state index is 0.832. The van der Waals surface area contributed by atoms with E-state index in [4.69, 9.17) is 0 Å². The lowest BCUT2D eigenvalue weighted by Gasteiger charge is -1.90. The van der Waals surface area contributed by atoms with Gasteiger partial charge in [-0.05, 0) is 6.92 Å². The summed E-state index contributed by atoms with van der Waals surface area (Å²) in [4.78, 5) is 7.12. The molecule has 0 unspecified atom stereocenters. The number of aryl methyl sites for hydroxylation is 1. The third-order valence-corrected chi connectivity index (χ3v) is 3.31. The van der Waals surface area contributed by atoms with E-state index in [0.717, 1.165) is 20.9 Å². The summed E-state index contributed by atoms with van der Waals surface area (Å²) in [5.74, 6) is 0.832. The van der Waals surface area contributed by atoms with Crippen molar-refractivity contribution in [2.24, 2.45) is 0 Å². The van der Waals surface area contributed by atoms with Crippen LogP contribution in [0.4, 0.5) is 0 Å². The summed E-state index contributed by atoms with van der Waals surface area (Å²) in [7, 11) is 0. The lowest BCUT2D eigenvalue weighted by molar-refractivity contribution is 1.00. The van der Waals surface area contributed by atoms with Gasteiger partial charge in [0.05, 0.1) is 5.75 Å².